The van der Waals surface area contributed by atoms with Crippen LogP contribution in [0, 0.1) is 0 Å². The van der Waals surface area contributed by atoms with Gasteiger partial charge >= 0.3 is 0 Å². The van der Waals surface area contributed by atoms with Gasteiger partial charge in [-0.1, -0.05) is 12.2 Å². The minimum Gasteiger partial charge on any atom is -0.266 e. The Morgan fingerprint density at radius 3 is 2.92 bits per heavy atom. The van der Waals surface area contributed by atoms with Gasteiger partial charge in [0.05, 0.1) is 17.2 Å². The summed E-state index contributed by atoms with van der Waals surface area (Å²) in [5.41, 5.74) is -0.132. The van der Waals surface area contributed by atoms with Crippen molar-refractivity contribution < 1.29 is 0 Å². The van der Waals surface area contributed by atoms with Crippen LogP contribution < -0.4 is 5.56 Å². The maximum atomic E-state index is 11.5. The van der Waals surface area contributed by atoms with Crippen LogP contribution in [0.5, 0.6) is 0 Å². The Bertz CT molecular complexity index is 384. The molecule has 0 radical (unpaired) electrons. The molecule has 1 rings (SSSR count). The van der Waals surface area contributed by atoms with E-state index in [1.54, 1.807) is 6.20 Å². The summed E-state index contributed by atoms with van der Waals surface area (Å²) in [5, 5.41) is 3.95. The Labute approximate surface area is 92.7 Å². The number of halogens is 2. The van der Waals surface area contributed by atoms with E-state index < -0.39 is 0 Å². The van der Waals surface area contributed by atoms with Gasteiger partial charge in [-0.3, -0.25) is 4.79 Å². The maximum absolute atomic E-state index is 11.5. The lowest BCUT2D eigenvalue weighted by molar-refractivity contribution is 0.644. The molecule has 1 heterocycles. The Balaban J connectivity index is 3.11. The molecule has 0 bridgehead atoms. The van der Waals surface area contributed by atoms with Crippen molar-refractivity contribution in [1.29, 1.82) is 0 Å². The van der Waals surface area contributed by atoms with Crippen LogP contribution in [0.1, 0.15) is 6.92 Å². The number of hydrogen-bond donors (Lipinski definition) is 0. The minimum atomic E-state index is -0.132. The van der Waals surface area contributed by atoms with Crippen molar-refractivity contribution in [2.75, 3.05) is 0 Å². The van der Waals surface area contributed by atoms with E-state index >= 15 is 0 Å². The van der Waals surface area contributed by atoms with Crippen molar-refractivity contribution in [1.82, 2.24) is 9.78 Å². The molecule has 0 fully saturated rings. The van der Waals surface area contributed by atoms with Gasteiger partial charge in [0.1, 0.15) is 4.47 Å². The van der Waals surface area contributed by atoms with Crippen LogP contribution in [0.4, 0.5) is 0 Å². The van der Waals surface area contributed by atoms with Crippen LogP contribution in [-0.2, 0) is 6.54 Å². The minimum absolute atomic E-state index is 0.132. The molecule has 13 heavy (non-hydrogen) atoms. The van der Waals surface area contributed by atoms with Gasteiger partial charge in [0, 0.05) is 0 Å². The number of aromatic nitrogens is 2. The molecular formula is C8H8Br2N2O. The third-order valence-corrected chi connectivity index (χ3v) is 3.36. The van der Waals surface area contributed by atoms with Crippen molar-refractivity contribution in [2.24, 2.45) is 0 Å². The topological polar surface area (TPSA) is 34.9 Å². The largest absolute Gasteiger partial charge is 0.282 e. The molecule has 1 aromatic heterocycles. The van der Waals surface area contributed by atoms with Crippen LogP contribution in [-0.4, -0.2) is 9.78 Å². The summed E-state index contributed by atoms with van der Waals surface area (Å²) in [6, 6.07) is 0. The molecular weight excluding hydrogens is 300 g/mol. The maximum Gasteiger partial charge on any atom is 0.282 e. The highest BCUT2D eigenvalue weighted by Crippen LogP contribution is 2.16. The van der Waals surface area contributed by atoms with Crippen LogP contribution in [0.15, 0.2) is 32.1 Å². The first-order valence-electron chi connectivity index (χ1n) is 3.69. The Kier molecular flexibility index (Phi) is 3.87. The molecule has 0 saturated heterocycles. The van der Waals surface area contributed by atoms with Gasteiger partial charge in [0.2, 0.25) is 0 Å². The first-order valence-corrected chi connectivity index (χ1v) is 5.27. The van der Waals surface area contributed by atoms with Crippen molar-refractivity contribution in [3.05, 3.63) is 37.6 Å². The number of rotatable bonds is 2. The van der Waals surface area contributed by atoms with Gasteiger partial charge < -0.3 is 0 Å². The molecule has 3 nitrogen and oxygen atoms in total. The van der Waals surface area contributed by atoms with E-state index in [-0.39, 0.29) is 5.56 Å². The second-order valence-electron chi connectivity index (χ2n) is 2.36. The van der Waals surface area contributed by atoms with Crippen LogP contribution >= 0.6 is 31.9 Å². The molecule has 0 spiro atoms. The number of allylic oxidation sites excluding steroid dienone is 2. The van der Waals surface area contributed by atoms with Gasteiger partial charge in [-0.25, -0.2) is 4.68 Å². The van der Waals surface area contributed by atoms with Crippen molar-refractivity contribution in [3.8, 4) is 0 Å². The lowest BCUT2D eigenvalue weighted by atomic mass is 10.5. The van der Waals surface area contributed by atoms with Gasteiger partial charge in [-0.2, -0.15) is 5.10 Å². The predicted octanol–water partition coefficient (Wildman–Crippen LogP) is 2.34. The third-order valence-electron chi connectivity index (χ3n) is 1.46. The van der Waals surface area contributed by atoms with Crippen molar-refractivity contribution >= 4 is 31.9 Å². The Morgan fingerprint density at radius 1 is 1.62 bits per heavy atom. The zero-order chi connectivity index (χ0) is 9.84. The van der Waals surface area contributed by atoms with E-state index in [0.717, 1.165) is 0 Å². The van der Waals surface area contributed by atoms with Crippen LogP contribution in [0.3, 0.4) is 0 Å². The zero-order valence-corrected chi connectivity index (χ0v) is 10.2. The average Bonchev–Trinajstić information content (AvgIpc) is 2.13. The van der Waals surface area contributed by atoms with Gasteiger partial charge in [0.15, 0.2) is 0 Å². The van der Waals surface area contributed by atoms with Crippen LogP contribution in [0.25, 0.3) is 0 Å². The summed E-state index contributed by atoms with van der Waals surface area (Å²) in [5.74, 6) is 0. The molecule has 0 atom stereocenters. The smallest absolute Gasteiger partial charge is 0.266 e. The summed E-state index contributed by atoms with van der Waals surface area (Å²) < 4.78 is 2.57. The fraction of sp³-hybridized carbons (Fsp3) is 0.250. The fourth-order valence-corrected chi connectivity index (χ4v) is 1.35. The molecule has 0 aliphatic carbocycles. The number of hydrogen-bond acceptors (Lipinski definition) is 2. The molecule has 1 aromatic rings. The highest BCUT2D eigenvalue weighted by atomic mass is 79.9. The van der Waals surface area contributed by atoms with E-state index in [9.17, 15) is 4.79 Å². The third kappa shape index (κ3) is 2.51. The van der Waals surface area contributed by atoms with E-state index in [2.05, 4.69) is 37.0 Å². The molecule has 0 unspecified atom stereocenters. The Hall–Kier alpha value is -0.420. The summed E-state index contributed by atoms with van der Waals surface area (Å²) in [6.45, 7) is 2.40. The molecule has 0 aliphatic rings. The fourth-order valence-electron chi connectivity index (χ4n) is 0.780. The standard InChI is InChI=1S/C8H8Br2N2O/c1-2-3-4-12-8(13)7(10)6(9)5-11-12/h2-3,5H,4H2,1H3/b3-2+. The normalized spacial score (nSPS) is 11.0. The summed E-state index contributed by atoms with van der Waals surface area (Å²) in [6.07, 6.45) is 5.34. The summed E-state index contributed by atoms with van der Waals surface area (Å²) in [7, 11) is 0. The van der Waals surface area contributed by atoms with Gasteiger partial charge in [-0.05, 0) is 38.8 Å². The number of nitrogens with zero attached hydrogens (tertiary/aromatic N) is 2. The summed E-state index contributed by atoms with van der Waals surface area (Å²) >= 11 is 6.39. The molecule has 0 aliphatic heterocycles. The first kappa shape index (κ1) is 10.7. The van der Waals surface area contributed by atoms with Crippen molar-refractivity contribution in [3.63, 3.8) is 0 Å². The van der Waals surface area contributed by atoms with E-state index in [0.29, 0.717) is 15.5 Å². The second-order valence-corrected chi connectivity index (χ2v) is 4.01. The van der Waals surface area contributed by atoms with Gasteiger partial charge in [-0.15, -0.1) is 0 Å². The van der Waals surface area contributed by atoms with E-state index in [4.69, 9.17) is 0 Å². The average molecular weight is 308 g/mol. The van der Waals surface area contributed by atoms with Gasteiger partial charge in [0.25, 0.3) is 5.56 Å². The monoisotopic (exact) mass is 306 g/mol. The lowest BCUT2D eigenvalue weighted by Gasteiger charge is -2.01. The van der Waals surface area contributed by atoms with Crippen molar-refractivity contribution in [2.45, 2.75) is 13.5 Å². The molecule has 0 saturated carbocycles. The Morgan fingerprint density at radius 2 is 2.31 bits per heavy atom. The SMILES string of the molecule is C/C=C/Cn1ncc(Br)c(Br)c1=O. The lowest BCUT2D eigenvalue weighted by Crippen LogP contribution is -2.22. The van der Waals surface area contributed by atoms with Crippen LogP contribution in [0.2, 0.25) is 0 Å². The highest BCUT2D eigenvalue weighted by molar-refractivity contribution is 9.13. The summed E-state index contributed by atoms with van der Waals surface area (Å²) in [4.78, 5) is 11.5. The highest BCUT2D eigenvalue weighted by Gasteiger charge is 2.04. The molecule has 70 valence electrons. The zero-order valence-electron chi connectivity index (χ0n) is 7.00. The molecule has 5 heteroatoms. The van der Waals surface area contributed by atoms with E-state index in [1.807, 2.05) is 19.1 Å². The molecule has 0 amide bonds. The second kappa shape index (κ2) is 4.72. The van der Waals surface area contributed by atoms with E-state index in [1.165, 1.54) is 4.68 Å². The molecule has 0 aromatic carbocycles. The predicted molar refractivity (Wildman–Crippen MR) is 58.7 cm³/mol. The first-order chi connectivity index (χ1) is 6.16. The quantitative estimate of drug-likeness (QED) is 0.786. The molecule has 0 N–H and O–H groups in total.